The predicted octanol–water partition coefficient (Wildman–Crippen LogP) is -0.771. The molecule has 5 heteroatoms. The molecule has 0 spiro atoms. The van der Waals surface area contributed by atoms with Gasteiger partial charge in [-0.15, -0.1) is 0 Å². The van der Waals surface area contributed by atoms with Gasteiger partial charge in [0.25, 0.3) is 0 Å². The summed E-state index contributed by atoms with van der Waals surface area (Å²) in [5.41, 5.74) is 0. The third-order valence-corrected chi connectivity index (χ3v) is 0.814. The fourth-order valence-corrected chi connectivity index (χ4v) is 0. The van der Waals surface area contributed by atoms with E-state index in [2.05, 4.69) is 2.24 Å². The van der Waals surface area contributed by atoms with Crippen LogP contribution in [0.2, 0.25) is 0 Å². The van der Waals surface area contributed by atoms with Gasteiger partial charge in [-0.2, -0.15) is 0 Å². The van der Waals surface area contributed by atoms with Crippen LogP contribution in [0.4, 0.5) is 4.79 Å². The fraction of sp³-hybridized carbons (Fsp3) is 0. The first kappa shape index (κ1) is 10.5. The molecule has 31 valence electrons. The van der Waals surface area contributed by atoms with Crippen LogP contribution in [0.15, 0.2) is 0 Å². The van der Waals surface area contributed by atoms with E-state index in [1.54, 1.807) is 0 Å². The van der Waals surface area contributed by atoms with E-state index in [0.717, 1.165) is 0 Å². The van der Waals surface area contributed by atoms with Gasteiger partial charge in [0.15, 0.2) is 0 Å². The Labute approximate surface area is 84.4 Å². The van der Waals surface area contributed by atoms with Crippen molar-refractivity contribution < 1.29 is 42.1 Å². The van der Waals surface area contributed by atoms with Crippen molar-refractivity contribution in [3.05, 3.63) is 0 Å². The van der Waals surface area contributed by atoms with Gasteiger partial charge in [-0.25, -0.2) is 0 Å². The molecule has 0 aromatic rings. The summed E-state index contributed by atoms with van der Waals surface area (Å²) in [6.07, 6.45) is -1.17. The van der Waals surface area contributed by atoms with Gasteiger partial charge < -0.3 is 0 Å². The van der Waals surface area contributed by atoms with Crippen LogP contribution in [0, 0.1) is 29.9 Å². The first-order valence-electron chi connectivity index (χ1n) is 0.836. The van der Waals surface area contributed by atoms with Crippen LogP contribution in [0.5, 0.6) is 0 Å². The Morgan fingerprint density at radius 2 is 2.00 bits per heavy atom. The monoisotopic (exact) mass is 341 g/mol. The summed E-state index contributed by atoms with van der Waals surface area (Å²) in [6, 6.07) is 0. The Morgan fingerprint density at radius 1 is 1.83 bits per heavy atom. The van der Waals surface area contributed by atoms with E-state index in [4.69, 9.17) is 5.11 Å². The number of carbonyl (C=O) groups is 1. The Balaban J connectivity index is 0. The molecular formula is CH3CaO3U. The van der Waals surface area contributed by atoms with Gasteiger partial charge in [0, 0.05) is 0 Å². The average Bonchev–Trinajstić information content (AvgIpc) is 1.38. The van der Waals surface area contributed by atoms with E-state index in [1.807, 2.05) is 0 Å². The van der Waals surface area contributed by atoms with Crippen LogP contribution in [0.1, 0.15) is 0 Å². The summed E-state index contributed by atoms with van der Waals surface area (Å²) in [7, 11) is 0. The number of hydrogen-bond donors (Lipinski definition) is 1. The molecule has 0 bridgehead atoms. The molecule has 1 N–H and O–H groups in total. The molecule has 0 saturated carbocycles. The van der Waals surface area contributed by atoms with Crippen molar-refractivity contribution in [2.75, 3.05) is 0 Å². The van der Waals surface area contributed by atoms with Crippen molar-refractivity contribution in [1.82, 2.24) is 0 Å². The Kier molecular flexibility index (Phi) is 11.6. The normalized spacial score (nSPS) is 5.67. The van der Waals surface area contributed by atoms with E-state index >= 15 is 0 Å². The molecule has 0 aromatic heterocycles. The summed E-state index contributed by atoms with van der Waals surface area (Å²) < 4.78 is 3.84. The van der Waals surface area contributed by atoms with Crippen LogP contribution in [-0.4, -0.2) is 49.0 Å². The summed E-state index contributed by atoms with van der Waals surface area (Å²) in [4.78, 5) is 9.19. The molecule has 0 aromatic carbocycles. The third-order valence-electron chi connectivity index (χ3n) is 0.0873. The molecule has 6 heavy (non-hydrogen) atoms. The first-order valence-corrected chi connectivity index (χ1v) is 2.54. The van der Waals surface area contributed by atoms with E-state index in [-0.39, 0.29) is 67.7 Å². The van der Waals surface area contributed by atoms with Gasteiger partial charge in [0.05, 0.1) is 0 Å². The zero-order valence-corrected chi connectivity index (χ0v) is 6.43. The van der Waals surface area contributed by atoms with Crippen LogP contribution >= 0.6 is 0 Å². The molecule has 3 nitrogen and oxygen atoms in total. The van der Waals surface area contributed by atoms with Crippen LogP contribution < -0.4 is 0 Å². The van der Waals surface area contributed by atoms with E-state index in [9.17, 15) is 4.79 Å². The second-order valence-electron chi connectivity index (χ2n) is 0.368. The predicted molar refractivity (Wildman–Crippen MR) is 17.7 cm³/mol. The quantitative estimate of drug-likeness (QED) is 0.589. The molecule has 0 aliphatic heterocycles. The van der Waals surface area contributed by atoms with Gasteiger partial charge in [-0.3, -0.25) is 0 Å². The van der Waals surface area contributed by atoms with E-state index < -0.39 is 6.16 Å². The molecule has 0 atom stereocenters. The summed E-state index contributed by atoms with van der Waals surface area (Å²) in [6.45, 7) is 0. The molecule has 0 amide bonds. The maximum atomic E-state index is 9.19. The molecule has 0 aliphatic carbocycles. The van der Waals surface area contributed by atoms with Gasteiger partial charge in [0.2, 0.25) is 0 Å². The number of carboxylic acid groups (broad SMARTS) is 1. The van der Waals surface area contributed by atoms with Crippen LogP contribution in [0.3, 0.4) is 0 Å². The van der Waals surface area contributed by atoms with Gasteiger partial charge in [-0.05, 0) is 0 Å². The van der Waals surface area contributed by atoms with Gasteiger partial charge in [0.1, 0.15) is 0 Å². The van der Waals surface area contributed by atoms with Crippen molar-refractivity contribution in [1.29, 1.82) is 0 Å². The molecule has 0 rings (SSSR count). The molecule has 0 heterocycles. The van der Waals surface area contributed by atoms with E-state index in [1.165, 1.54) is 0 Å². The average molecular weight is 341 g/mol. The molecule has 0 radical (unpaired) electrons. The zero-order valence-electron chi connectivity index (χ0n) is 2.26. The minimum atomic E-state index is -1.17. The molecular weight excluding hydrogens is 338 g/mol. The van der Waals surface area contributed by atoms with Crippen molar-refractivity contribution in [2.24, 2.45) is 0 Å². The maximum absolute atomic E-state index is 9.19. The summed E-state index contributed by atoms with van der Waals surface area (Å²) in [5.74, 6) is 0. The summed E-state index contributed by atoms with van der Waals surface area (Å²) in [5, 5.41) is 7.54. The standard InChI is InChI=1S/CH2O3.Ca.U.2H/c2-1(3)4;;;;/h(H2,2,3,4);;;;/q;;+1;;/p-1. The molecule has 0 fully saturated rings. The molecule has 0 unspecified atom stereocenters. The topological polar surface area (TPSA) is 46.5 Å². The Bertz CT molecular complexity index is 46.1. The van der Waals surface area contributed by atoms with Crippen molar-refractivity contribution in [2.45, 2.75) is 0 Å². The van der Waals surface area contributed by atoms with E-state index in [0.29, 0.717) is 0 Å². The molecule has 0 aliphatic rings. The third kappa shape index (κ3) is 9.13. The van der Waals surface area contributed by atoms with Crippen molar-refractivity contribution >= 4 is 43.9 Å². The van der Waals surface area contributed by atoms with Gasteiger partial charge in [-0.1, -0.05) is 0 Å². The zero-order chi connectivity index (χ0) is 4.28. The Hall–Kier alpha value is 1.58. The number of hydrogen-bond acceptors (Lipinski definition) is 2. The van der Waals surface area contributed by atoms with Crippen molar-refractivity contribution in [3.63, 3.8) is 0 Å². The fourth-order valence-electron chi connectivity index (χ4n) is 0. The van der Waals surface area contributed by atoms with Crippen molar-refractivity contribution in [3.8, 4) is 0 Å². The number of rotatable bonds is 0. The second kappa shape index (κ2) is 6.58. The SMILES string of the molecule is O=C(O)[O][U].[CaH2]. The summed E-state index contributed by atoms with van der Waals surface area (Å²) >= 11 is 0.0987. The first-order chi connectivity index (χ1) is 2.27. The van der Waals surface area contributed by atoms with Crippen LogP contribution in [0.25, 0.3) is 0 Å². The minimum absolute atomic E-state index is 0. The Morgan fingerprint density at radius 3 is 2.00 bits per heavy atom. The van der Waals surface area contributed by atoms with Gasteiger partial charge >= 0.3 is 86.0 Å². The molecule has 0 saturated heterocycles. The second-order valence-corrected chi connectivity index (χ2v) is 1.22. The van der Waals surface area contributed by atoms with Crippen LogP contribution in [-0.2, 0) is 2.24 Å².